The lowest BCUT2D eigenvalue weighted by Crippen LogP contribution is -2.28. The van der Waals surface area contributed by atoms with Gasteiger partial charge in [-0.3, -0.25) is 9.59 Å². The maximum Gasteiger partial charge on any atom is 0.253 e. The lowest BCUT2D eigenvalue weighted by atomic mass is 10.1. The van der Waals surface area contributed by atoms with Crippen LogP contribution in [0.3, 0.4) is 0 Å². The van der Waals surface area contributed by atoms with Crippen LogP contribution in [-0.2, 0) is 4.79 Å². The SMILES string of the molecule is Cc1ccc(NCC(=O)Nc2ccccc2C(=O)NC2CC2)cc1-n1nnnc1C. The lowest BCUT2D eigenvalue weighted by molar-refractivity contribution is -0.114. The number of aryl methyl sites for hydroxylation is 2. The maximum atomic E-state index is 12.5. The van der Waals surface area contributed by atoms with Gasteiger partial charge >= 0.3 is 0 Å². The van der Waals surface area contributed by atoms with Crippen molar-refractivity contribution in [3.63, 3.8) is 0 Å². The number of amides is 2. The van der Waals surface area contributed by atoms with Crippen molar-refractivity contribution in [2.75, 3.05) is 17.2 Å². The summed E-state index contributed by atoms with van der Waals surface area (Å²) in [5.74, 6) is 0.262. The third-order valence-corrected chi connectivity index (χ3v) is 4.87. The highest BCUT2D eigenvalue weighted by molar-refractivity contribution is 6.04. The van der Waals surface area contributed by atoms with Crippen LogP contribution in [0, 0.1) is 13.8 Å². The summed E-state index contributed by atoms with van der Waals surface area (Å²) in [6, 6.07) is 13.0. The largest absolute Gasteiger partial charge is 0.376 e. The van der Waals surface area contributed by atoms with Crippen molar-refractivity contribution in [1.29, 1.82) is 0 Å². The lowest BCUT2D eigenvalue weighted by Gasteiger charge is -2.13. The molecule has 0 atom stereocenters. The number of hydrogen-bond donors (Lipinski definition) is 3. The Morgan fingerprint density at radius 3 is 2.67 bits per heavy atom. The number of benzene rings is 2. The molecule has 0 radical (unpaired) electrons. The Kier molecular flexibility index (Phi) is 5.42. The average molecular weight is 405 g/mol. The normalized spacial score (nSPS) is 13.0. The van der Waals surface area contributed by atoms with Gasteiger partial charge in [0.15, 0.2) is 5.82 Å². The Hall–Kier alpha value is -3.75. The van der Waals surface area contributed by atoms with Gasteiger partial charge < -0.3 is 16.0 Å². The zero-order valence-corrected chi connectivity index (χ0v) is 16.8. The van der Waals surface area contributed by atoms with E-state index in [0.29, 0.717) is 17.1 Å². The molecule has 1 aliphatic carbocycles. The molecule has 154 valence electrons. The zero-order valence-electron chi connectivity index (χ0n) is 16.8. The molecule has 1 fully saturated rings. The van der Waals surface area contributed by atoms with E-state index in [4.69, 9.17) is 0 Å². The molecule has 1 saturated carbocycles. The van der Waals surface area contributed by atoms with Crippen LogP contribution >= 0.6 is 0 Å². The van der Waals surface area contributed by atoms with Gasteiger partial charge in [0.1, 0.15) is 0 Å². The number of nitrogens with one attached hydrogen (secondary N) is 3. The van der Waals surface area contributed by atoms with Crippen molar-refractivity contribution in [3.05, 3.63) is 59.4 Å². The van der Waals surface area contributed by atoms with Gasteiger partial charge in [-0.25, -0.2) is 0 Å². The molecule has 2 aromatic carbocycles. The second-order valence-corrected chi connectivity index (χ2v) is 7.33. The molecule has 2 amide bonds. The number of rotatable bonds is 7. The molecule has 1 heterocycles. The van der Waals surface area contributed by atoms with E-state index in [2.05, 4.69) is 31.5 Å². The number of para-hydroxylation sites is 1. The first-order valence-corrected chi connectivity index (χ1v) is 9.81. The summed E-state index contributed by atoms with van der Waals surface area (Å²) in [6.07, 6.45) is 2.01. The number of hydrogen-bond acceptors (Lipinski definition) is 6. The van der Waals surface area contributed by atoms with Crippen LogP contribution in [-0.4, -0.2) is 44.6 Å². The van der Waals surface area contributed by atoms with Crippen molar-refractivity contribution < 1.29 is 9.59 Å². The maximum absolute atomic E-state index is 12.5. The molecule has 1 aromatic heterocycles. The molecule has 1 aliphatic rings. The van der Waals surface area contributed by atoms with E-state index in [0.717, 1.165) is 29.8 Å². The Labute approximate surface area is 173 Å². The predicted octanol–water partition coefficient (Wildman–Crippen LogP) is 2.22. The smallest absolute Gasteiger partial charge is 0.253 e. The Balaban J connectivity index is 1.41. The van der Waals surface area contributed by atoms with Gasteiger partial charge in [0.05, 0.1) is 23.5 Å². The average Bonchev–Trinajstić information content (AvgIpc) is 3.45. The molecule has 9 nitrogen and oxygen atoms in total. The summed E-state index contributed by atoms with van der Waals surface area (Å²) in [7, 11) is 0. The molecule has 30 heavy (non-hydrogen) atoms. The van der Waals surface area contributed by atoms with Crippen LogP contribution in [0.2, 0.25) is 0 Å². The highest BCUT2D eigenvalue weighted by atomic mass is 16.2. The fraction of sp³-hybridized carbons (Fsp3) is 0.286. The predicted molar refractivity (Wildman–Crippen MR) is 113 cm³/mol. The highest BCUT2D eigenvalue weighted by Gasteiger charge is 2.25. The van der Waals surface area contributed by atoms with E-state index in [-0.39, 0.29) is 24.4 Å². The fourth-order valence-corrected chi connectivity index (χ4v) is 3.06. The Bertz CT molecular complexity index is 1090. The summed E-state index contributed by atoms with van der Waals surface area (Å²) >= 11 is 0. The number of carbonyl (C=O) groups excluding carboxylic acids is 2. The van der Waals surface area contributed by atoms with E-state index >= 15 is 0 Å². The molecule has 0 aliphatic heterocycles. The fourth-order valence-electron chi connectivity index (χ4n) is 3.06. The summed E-state index contributed by atoms with van der Waals surface area (Å²) < 4.78 is 1.65. The quantitative estimate of drug-likeness (QED) is 0.555. The van der Waals surface area contributed by atoms with Crippen LogP contribution in [0.4, 0.5) is 11.4 Å². The van der Waals surface area contributed by atoms with E-state index in [1.807, 2.05) is 32.0 Å². The van der Waals surface area contributed by atoms with Gasteiger partial charge in [-0.05, 0) is 66.9 Å². The van der Waals surface area contributed by atoms with Crippen LogP contribution < -0.4 is 16.0 Å². The van der Waals surface area contributed by atoms with Gasteiger partial charge in [0.2, 0.25) is 5.91 Å². The number of aromatic nitrogens is 4. The summed E-state index contributed by atoms with van der Waals surface area (Å²) in [5, 5.41) is 20.5. The third-order valence-electron chi connectivity index (χ3n) is 4.87. The highest BCUT2D eigenvalue weighted by Crippen LogP contribution is 2.22. The van der Waals surface area contributed by atoms with Crippen LogP contribution in [0.15, 0.2) is 42.5 Å². The molecular weight excluding hydrogens is 382 g/mol. The standard InChI is InChI=1S/C21H23N7O2/c1-13-7-8-16(11-19(13)28-14(2)25-26-27-28)22-12-20(29)24-18-6-4-3-5-17(18)21(30)23-15-9-10-15/h3-8,11,15,22H,9-10,12H2,1-2H3,(H,23,30)(H,24,29). The van der Waals surface area contributed by atoms with E-state index in [1.54, 1.807) is 28.9 Å². The number of nitrogens with zero attached hydrogens (tertiary/aromatic N) is 4. The van der Waals surface area contributed by atoms with Crippen LogP contribution in [0.1, 0.15) is 34.6 Å². The summed E-state index contributed by atoms with van der Waals surface area (Å²) in [4.78, 5) is 24.9. The molecule has 3 N–H and O–H groups in total. The minimum Gasteiger partial charge on any atom is -0.376 e. The van der Waals surface area contributed by atoms with Crippen molar-refractivity contribution in [3.8, 4) is 5.69 Å². The topological polar surface area (TPSA) is 114 Å². The van der Waals surface area contributed by atoms with Crippen molar-refractivity contribution in [2.24, 2.45) is 0 Å². The monoisotopic (exact) mass is 405 g/mol. The van der Waals surface area contributed by atoms with Crippen LogP contribution in [0.25, 0.3) is 5.69 Å². The second kappa shape index (κ2) is 8.32. The van der Waals surface area contributed by atoms with Gasteiger partial charge in [0.25, 0.3) is 5.91 Å². The van der Waals surface area contributed by atoms with E-state index < -0.39 is 0 Å². The Morgan fingerprint density at radius 1 is 1.13 bits per heavy atom. The van der Waals surface area contributed by atoms with Gasteiger partial charge in [-0.2, -0.15) is 4.68 Å². The van der Waals surface area contributed by atoms with Gasteiger partial charge in [-0.15, -0.1) is 5.10 Å². The number of carbonyl (C=O) groups is 2. The minimum atomic E-state index is -0.248. The first-order chi connectivity index (χ1) is 14.5. The molecule has 4 rings (SSSR count). The summed E-state index contributed by atoms with van der Waals surface area (Å²) in [6.45, 7) is 3.84. The summed E-state index contributed by atoms with van der Waals surface area (Å²) in [5.41, 5.74) is 3.57. The van der Waals surface area contributed by atoms with Crippen molar-refractivity contribution >= 4 is 23.2 Å². The van der Waals surface area contributed by atoms with Crippen molar-refractivity contribution in [2.45, 2.75) is 32.7 Å². The zero-order chi connectivity index (χ0) is 21.1. The first-order valence-electron chi connectivity index (χ1n) is 9.81. The Morgan fingerprint density at radius 2 is 1.93 bits per heavy atom. The van der Waals surface area contributed by atoms with E-state index in [1.165, 1.54) is 0 Å². The molecule has 3 aromatic rings. The molecule has 9 heteroatoms. The molecule has 0 saturated heterocycles. The van der Waals surface area contributed by atoms with Crippen LogP contribution in [0.5, 0.6) is 0 Å². The molecular formula is C21H23N7O2. The minimum absolute atomic E-state index is 0.0513. The van der Waals surface area contributed by atoms with Gasteiger partial charge in [-0.1, -0.05) is 18.2 Å². The number of tetrazole rings is 1. The van der Waals surface area contributed by atoms with Crippen molar-refractivity contribution in [1.82, 2.24) is 25.5 Å². The second-order valence-electron chi connectivity index (χ2n) is 7.33. The van der Waals surface area contributed by atoms with E-state index in [9.17, 15) is 9.59 Å². The third kappa shape index (κ3) is 4.45. The molecule has 0 unspecified atom stereocenters. The number of anilines is 2. The van der Waals surface area contributed by atoms with Gasteiger partial charge in [0, 0.05) is 11.7 Å². The molecule has 0 spiro atoms. The first kappa shape index (κ1) is 19.6. The molecule has 0 bridgehead atoms.